The van der Waals surface area contributed by atoms with Gasteiger partial charge in [0.15, 0.2) is 0 Å². The van der Waals surface area contributed by atoms with Gasteiger partial charge < -0.3 is 5.32 Å². The van der Waals surface area contributed by atoms with Crippen molar-refractivity contribution >= 4 is 0 Å². The molecule has 0 bridgehead atoms. The second-order valence-electron chi connectivity index (χ2n) is 4.59. The van der Waals surface area contributed by atoms with Gasteiger partial charge in [-0.05, 0) is 29.2 Å². The van der Waals surface area contributed by atoms with Crippen molar-refractivity contribution in [3.8, 4) is 0 Å². The van der Waals surface area contributed by atoms with E-state index in [2.05, 4.69) is 40.6 Å². The van der Waals surface area contributed by atoms with Crippen LogP contribution in [-0.4, -0.2) is 11.5 Å². The monoisotopic (exact) mass is 224 g/mol. The maximum Gasteiger partial charge on any atom is 0.0312 e. The summed E-state index contributed by atoms with van der Waals surface area (Å²) in [7, 11) is 0. The first-order valence-electron chi connectivity index (χ1n) is 6.11. The maximum absolute atomic E-state index is 4.11. The van der Waals surface area contributed by atoms with Crippen LogP contribution in [0.25, 0.3) is 0 Å². The molecule has 1 aromatic carbocycles. The Balaban J connectivity index is 1.51. The van der Waals surface area contributed by atoms with Gasteiger partial charge in [0.05, 0.1) is 0 Å². The topological polar surface area (TPSA) is 24.9 Å². The summed E-state index contributed by atoms with van der Waals surface area (Å²) in [5, 5.41) is 3.50. The Labute approximate surface area is 102 Å². The largest absolute Gasteiger partial charge is 0.312 e. The minimum atomic E-state index is 0.697. The van der Waals surface area contributed by atoms with E-state index in [1.807, 2.05) is 18.5 Å². The van der Waals surface area contributed by atoms with Gasteiger partial charge in [-0.2, -0.15) is 0 Å². The van der Waals surface area contributed by atoms with Gasteiger partial charge in [0.25, 0.3) is 0 Å². The summed E-state index contributed by atoms with van der Waals surface area (Å²) < 4.78 is 0. The van der Waals surface area contributed by atoms with Gasteiger partial charge in [0.1, 0.15) is 0 Å². The van der Waals surface area contributed by atoms with E-state index in [4.69, 9.17) is 0 Å². The van der Waals surface area contributed by atoms with Crippen LogP contribution in [0.3, 0.4) is 0 Å². The number of hydrogen-bond donors (Lipinski definition) is 1. The van der Waals surface area contributed by atoms with E-state index in [-0.39, 0.29) is 0 Å². The predicted molar refractivity (Wildman–Crippen MR) is 68.8 cm³/mol. The molecule has 2 heteroatoms. The standard InChI is InChI=1S/C15H16N2/c1-2-6-15-13(5-1)8-14(15)11-17-10-12-4-3-7-16-9-12/h1-7,9,14,17H,8,10-11H2. The highest BCUT2D eigenvalue weighted by Gasteiger charge is 2.24. The van der Waals surface area contributed by atoms with Crippen LogP contribution in [0.2, 0.25) is 0 Å². The zero-order valence-electron chi connectivity index (χ0n) is 9.76. The lowest BCUT2D eigenvalue weighted by Crippen LogP contribution is -2.28. The minimum Gasteiger partial charge on any atom is -0.312 e. The number of rotatable bonds is 4. The normalized spacial score (nSPS) is 17.3. The number of hydrogen-bond acceptors (Lipinski definition) is 2. The molecule has 17 heavy (non-hydrogen) atoms. The molecule has 1 aliphatic rings. The number of benzene rings is 1. The molecular formula is C15H16N2. The van der Waals surface area contributed by atoms with E-state index in [0.717, 1.165) is 13.1 Å². The van der Waals surface area contributed by atoms with Crippen LogP contribution >= 0.6 is 0 Å². The molecule has 0 fully saturated rings. The third-order valence-electron chi connectivity index (χ3n) is 3.40. The second kappa shape index (κ2) is 4.68. The fourth-order valence-electron chi connectivity index (χ4n) is 2.44. The van der Waals surface area contributed by atoms with Gasteiger partial charge in [-0.15, -0.1) is 0 Å². The highest BCUT2D eigenvalue weighted by atomic mass is 14.9. The molecular weight excluding hydrogens is 208 g/mol. The average molecular weight is 224 g/mol. The van der Waals surface area contributed by atoms with E-state index in [0.29, 0.717) is 5.92 Å². The number of nitrogens with one attached hydrogen (secondary N) is 1. The van der Waals surface area contributed by atoms with Crippen LogP contribution in [0.15, 0.2) is 48.8 Å². The molecule has 1 atom stereocenters. The molecule has 2 nitrogen and oxygen atoms in total. The number of pyridine rings is 1. The first kappa shape index (κ1) is 10.5. The molecule has 1 aromatic heterocycles. The number of fused-ring (bicyclic) bond motifs is 1. The van der Waals surface area contributed by atoms with Crippen molar-refractivity contribution in [2.24, 2.45) is 0 Å². The Bertz CT molecular complexity index is 493. The molecule has 1 heterocycles. The third kappa shape index (κ3) is 2.22. The molecule has 86 valence electrons. The third-order valence-corrected chi connectivity index (χ3v) is 3.40. The lowest BCUT2D eigenvalue weighted by molar-refractivity contribution is 0.535. The quantitative estimate of drug-likeness (QED) is 0.863. The summed E-state index contributed by atoms with van der Waals surface area (Å²) in [6, 6.07) is 12.8. The Morgan fingerprint density at radius 3 is 2.94 bits per heavy atom. The first-order valence-corrected chi connectivity index (χ1v) is 6.11. The summed E-state index contributed by atoms with van der Waals surface area (Å²) in [4.78, 5) is 4.11. The van der Waals surface area contributed by atoms with Crippen LogP contribution < -0.4 is 5.32 Å². The molecule has 1 N–H and O–H groups in total. The first-order chi connectivity index (χ1) is 8.43. The Hall–Kier alpha value is -1.67. The molecule has 1 aliphatic carbocycles. The smallest absolute Gasteiger partial charge is 0.0312 e. The average Bonchev–Trinajstić information content (AvgIpc) is 2.36. The zero-order valence-corrected chi connectivity index (χ0v) is 9.76. The SMILES string of the molecule is c1cncc(CNCC2Cc3ccccc32)c1. The van der Waals surface area contributed by atoms with Crippen molar-refractivity contribution in [2.45, 2.75) is 18.9 Å². The van der Waals surface area contributed by atoms with Crippen LogP contribution in [0.4, 0.5) is 0 Å². The summed E-state index contributed by atoms with van der Waals surface area (Å²) >= 11 is 0. The summed E-state index contributed by atoms with van der Waals surface area (Å²) in [6.45, 7) is 1.97. The van der Waals surface area contributed by atoms with E-state index in [1.165, 1.54) is 23.1 Å². The molecule has 1 unspecified atom stereocenters. The van der Waals surface area contributed by atoms with Gasteiger partial charge in [-0.1, -0.05) is 30.3 Å². The van der Waals surface area contributed by atoms with Crippen molar-refractivity contribution in [3.05, 3.63) is 65.5 Å². The molecule has 0 amide bonds. The van der Waals surface area contributed by atoms with Crippen molar-refractivity contribution < 1.29 is 0 Å². The van der Waals surface area contributed by atoms with E-state index >= 15 is 0 Å². The fourth-order valence-corrected chi connectivity index (χ4v) is 2.44. The fraction of sp³-hybridized carbons (Fsp3) is 0.267. The molecule has 0 radical (unpaired) electrons. The van der Waals surface area contributed by atoms with Gasteiger partial charge in [-0.25, -0.2) is 0 Å². The van der Waals surface area contributed by atoms with E-state index in [1.54, 1.807) is 0 Å². The number of aromatic nitrogens is 1. The van der Waals surface area contributed by atoms with Gasteiger partial charge in [-0.3, -0.25) is 4.98 Å². The van der Waals surface area contributed by atoms with E-state index in [9.17, 15) is 0 Å². The van der Waals surface area contributed by atoms with Crippen molar-refractivity contribution in [1.82, 2.24) is 10.3 Å². The maximum atomic E-state index is 4.11. The second-order valence-corrected chi connectivity index (χ2v) is 4.59. The van der Waals surface area contributed by atoms with Crippen LogP contribution in [0.1, 0.15) is 22.6 Å². The molecule has 0 aliphatic heterocycles. The van der Waals surface area contributed by atoms with Crippen molar-refractivity contribution in [1.29, 1.82) is 0 Å². The van der Waals surface area contributed by atoms with Crippen molar-refractivity contribution in [2.75, 3.05) is 6.54 Å². The Morgan fingerprint density at radius 2 is 2.12 bits per heavy atom. The Morgan fingerprint density at radius 1 is 1.18 bits per heavy atom. The highest BCUT2D eigenvalue weighted by molar-refractivity contribution is 5.40. The molecule has 2 aromatic rings. The lowest BCUT2D eigenvalue weighted by atomic mass is 9.77. The molecule has 3 rings (SSSR count). The molecule has 0 saturated heterocycles. The number of nitrogens with zero attached hydrogens (tertiary/aromatic N) is 1. The van der Waals surface area contributed by atoms with Crippen LogP contribution in [-0.2, 0) is 13.0 Å². The van der Waals surface area contributed by atoms with Gasteiger partial charge in [0.2, 0.25) is 0 Å². The molecule has 0 spiro atoms. The minimum absolute atomic E-state index is 0.697. The summed E-state index contributed by atoms with van der Waals surface area (Å²) in [5.74, 6) is 0.697. The Kier molecular flexibility index (Phi) is 2.88. The summed E-state index contributed by atoms with van der Waals surface area (Å²) in [6.07, 6.45) is 4.95. The van der Waals surface area contributed by atoms with Gasteiger partial charge >= 0.3 is 0 Å². The lowest BCUT2D eigenvalue weighted by Gasteiger charge is -2.30. The molecule has 0 saturated carbocycles. The van der Waals surface area contributed by atoms with Crippen LogP contribution in [0.5, 0.6) is 0 Å². The predicted octanol–water partition coefficient (Wildman–Crippen LogP) is 2.51. The summed E-state index contributed by atoms with van der Waals surface area (Å²) in [5.41, 5.74) is 4.28. The van der Waals surface area contributed by atoms with E-state index < -0.39 is 0 Å². The zero-order chi connectivity index (χ0) is 11.5. The van der Waals surface area contributed by atoms with Crippen molar-refractivity contribution in [3.63, 3.8) is 0 Å². The van der Waals surface area contributed by atoms with Crippen LogP contribution in [0, 0.1) is 0 Å². The highest BCUT2D eigenvalue weighted by Crippen LogP contribution is 2.33. The van der Waals surface area contributed by atoms with Gasteiger partial charge in [0, 0.05) is 31.4 Å².